The zero-order valence-corrected chi connectivity index (χ0v) is 10.4. The van der Waals surface area contributed by atoms with E-state index in [2.05, 4.69) is 21.2 Å². The number of hydrogen-bond acceptors (Lipinski definition) is 4. The van der Waals surface area contributed by atoms with Crippen LogP contribution in [0.5, 0.6) is 0 Å². The molecule has 0 unspecified atom stereocenters. The largest absolute Gasteiger partial charge is 0.349 e. The average molecular weight is 299 g/mol. The second kappa shape index (κ2) is 4.63. The summed E-state index contributed by atoms with van der Waals surface area (Å²) in [5.41, 5.74) is 1.41. The summed E-state index contributed by atoms with van der Waals surface area (Å²) in [6.45, 7) is 0. The molecule has 6 heteroatoms. The van der Waals surface area contributed by atoms with Gasteiger partial charge >= 0.3 is 0 Å². The van der Waals surface area contributed by atoms with Gasteiger partial charge in [0.1, 0.15) is 5.69 Å². The fraction of sp³-hybridized carbons (Fsp3) is 0. The molecule has 1 aromatic heterocycles. The summed E-state index contributed by atoms with van der Waals surface area (Å²) in [5.74, 6) is 0. The monoisotopic (exact) mass is 298 g/mol. The third-order valence-corrected chi connectivity index (χ3v) is 3.13. The van der Waals surface area contributed by atoms with Crippen LogP contribution in [0.4, 0.5) is 17.1 Å². The molecule has 0 spiro atoms. The summed E-state index contributed by atoms with van der Waals surface area (Å²) in [5, 5.41) is 17.7. The van der Waals surface area contributed by atoms with Gasteiger partial charge in [-0.15, -0.1) is 0 Å². The molecule has 0 aliphatic carbocycles. The van der Waals surface area contributed by atoms with Crippen molar-refractivity contribution in [2.45, 2.75) is 0 Å². The molecule has 82 valence electrons. The summed E-state index contributed by atoms with van der Waals surface area (Å²) in [7, 11) is 0. The number of hydrogen-bond donors (Lipinski definition) is 1. The van der Waals surface area contributed by atoms with E-state index in [1.807, 2.05) is 16.8 Å². The molecule has 1 N–H and O–H groups in total. The highest BCUT2D eigenvalue weighted by molar-refractivity contribution is 9.10. The lowest BCUT2D eigenvalue weighted by Crippen LogP contribution is -1.96. The predicted octanol–water partition coefficient (Wildman–Crippen LogP) is 4.16. The molecular formula is C10H7BrN2O2S. The standard InChI is InChI=1S/C10H7BrN2O2S/c11-7-1-2-9(10(5-7)13(14)15)12-8-3-4-16-6-8/h1-6,12H. The maximum absolute atomic E-state index is 10.8. The molecular weight excluding hydrogens is 292 g/mol. The van der Waals surface area contributed by atoms with Crippen LogP contribution in [0.15, 0.2) is 39.5 Å². The van der Waals surface area contributed by atoms with Crippen molar-refractivity contribution in [2.75, 3.05) is 5.32 Å². The van der Waals surface area contributed by atoms with Crippen molar-refractivity contribution in [3.8, 4) is 0 Å². The first-order chi connectivity index (χ1) is 7.66. The van der Waals surface area contributed by atoms with Gasteiger partial charge < -0.3 is 5.32 Å². The highest BCUT2D eigenvalue weighted by Gasteiger charge is 2.14. The van der Waals surface area contributed by atoms with E-state index in [0.717, 1.165) is 5.69 Å². The second-order valence-electron chi connectivity index (χ2n) is 3.06. The average Bonchev–Trinajstić information content (AvgIpc) is 2.73. The van der Waals surface area contributed by atoms with Crippen LogP contribution in [0.3, 0.4) is 0 Å². The van der Waals surface area contributed by atoms with E-state index >= 15 is 0 Å². The van der Waals surface area contributed by atoms with Crippen molar-refractivity contribution in [3.63, 3.8) is 0 Å². The molecule has 16 heavy (non-hydrogen) atoms. The fourth-order valence-electron chi connectivity index (χ4n) is 1.25. The molecule has 0 bridgehead atoms. The lowest BCUT2D eigenvalue weighted by Gasteiger charge is -2.04. The van der Waals surface area contributed by atoms with E-state index < -0.39 is 4.92 Å². The minimum atomic E-state index is -0.403. The topological polar surface area (TPSA) is 55.2 Å². The molecule has 0 aliphatic heterocycles. The Balaban J connectivity index is 2.36. The third-order valence-electron chi connectivity index (χ3n) is 1.96. The van der Waals surface area contributed by atoms with Crippen LogP contribution in [0, 0.1) is 10.1 Å². The Morgan fingerprint density at radius 2 is 2.19 bits per heavy atom. The molecule has 0 aliphatic rings. The quantitative estimate of drug-likeness (QED) is 0.684. The fourth-order valence-corrected chi connectivity index (χ4v) is 2.19. The Hall–Kier alpha value is -1.40. The van der Waals surface area contributed by atoms with E-state index in [1.165, 1.54) is 17.4 Å². The van der Waals surface area contributed by atoms with Crippen molar-refractivity contribution in [1.29, 1.82) is 0 Å². The Bertz CT molecular complexity index is 514. The molecule has 2 aromatic rings. The smallest absolute Gasteiger partial charge is 0.293 e. The molecule has 0 saturated heterocycles. The van der Waals surface area contributed by atoms with Gasteiger partial charge in [0.2, 0.25) is 0 Å². The van der Waals surface area contributed by atoms with E-state index in [9.17, 15) is 10.1 Å². The van der Waals surface area contributed by atoms with Crippen LogP contribution < -0.4 is 5.32 Å². The Kier molecular flexibility index (Phi) is 3.21. The normalized spacial score (nSPS) is 10.1. The Morgan fingerprint density at radius 1 is 1.38 bits per heavy atom. The van der Waals surface area contributed by atoms with Gasteiger partial charge in [0.15, 0.2) is 0 Å². The molecule has 4 nitrogen and oxygen atoms in total. The molecule has 2 rings (SSSR count). The molecule has 0 saturated carbocycles. The van der Waals surface area contributed by atoms with Gasteiger partial charge in [-0.1, -0.05) is 15.9 Å². The number of nitro benzene ring substituents is 1. The lowest BCUT2D eigenvalue weighted by atomic mass is 10.2. The van der Waals surface area contributed by atoms with Crippen molar-refractivity contribution in [3.05, 3.63) is 49.6 Å². The predicted molar refractivity (Wildman–Crippen MR) is 68.4 cm³/mol. The summed E-state index contributed by atoms with van der Waals surface area (Å²) in [6.07, 6.45) is 0. The number of nitrogens with zero attached hydrogens (tertiary/aromatic N) is 1. The minimum absolute atomic E-state index is 0.0561. The van der Waals surface area contributed by atoms with Gasteiger partial charge in [-0.2, -0.15) is 11.3 Å². The summed E-state index contributed by atoms with van der Waals surface area (Å²) < 4.78 is 0.690. The van der Waals surface area contributed by atoms with Gasteiger partial charge in [-0.05, 0) is 23.6 Å². The van der Waals surface area contributed by atoms with Gasteiger partial charge in [0.05, 0.1) is 4.92 Å². The molecule has 0 atom stereocenters. The summed E-state index contributed by atoms with van der Waals surface area (Å²) in [4.78, 5) is 10.4. The van der Waals surface area contributed by atoms with Gasteiger partial charge in [-0.3, -0.25) is 10.1 Å². The van der Waals surface area contributed by atoms with E-state index in [1.54, 1.807) is 12.1 Å². The van der Waals surface area contributed by atoms with Crippen LogP contribution in [0.1, 0.15) is 0 Å². The molecule has 0 radical (unpaired) electrons. The van der Waals surface area contributed by atoms with Crippen LogP contribution in [-0.4, -0.2) is 4.92 Å². The lowest BCUT2D eigenvalue weighted by molar-refractivity contribution is -0.384. The number of nitrogens with one attached hydrogen (secondary N) is 1. The number of nitro groups is 1. The maximum Gasteiger partial charge on any atom is 0.293 e. The Morgan fingerprint density at radius 3 is 2.81 bits per heavy atom. The van der Waals surface area contributed by atoms with Crippen LogP contribution >= 0.6 is 27.3 Å². The van der Waals surface area contributed by atoms with E-state index in [0.29, 0.717) is 10.2 Å². The first kappa shape index (κ1) is 11.1. The number of rotatable bonds is 3. The van der Waals surface area contributed by atoms with Crippen LogP contribution in [0.25, 0.3) is 0 Å². The molecule has 0 fully saturated rings. The summed E-state index contributed by atoms with van der Waals surface area (Å²) >= 11 is 4.75. The van der Waals surface area contributed by atoms with E-state index in [4.69, 9.17) is 0 Å². The van der Waals surface area contributed by atoms with Crippen molar-refractivity contribution < 1.29 is 4.92 Å². The number of benzene rings is 1. The molecule has 1 aromatic carbocycles. The highest BCUT2D eigenvalue weighted by Crippen LogP contribution is 2.30. The van der Waals surface area contributed by atoms with Crippen LogP contribution in [0.2, 0.25) is 0 Å². The van der Waals surface area contributed by atoms with Crippen LogP contribution in [-0.2, 0) is 0 Å². The first-order valence-electron chi connectivity index (χ1n) is 4.40. The maximum atomic E-state index is 10.8. The Labute approximate surface area is 104 Å². The second-order valence-corrected chi connectivity index (χ2v) is 4.75. The van der Waals surface area contributed by atoms with Crippen molar-refractivity contribution in [2.24, 2.45) is 0 Å². The SMILES string of the molecule is O=[N+]([O-])c1cc(Br)ccc1Nc1ccsc1. The zero-order chi connectivity index (χ0) is 11.5. The van der Waals surface area contributed by atoms with Crippen molar-refractivity contribution >= 4 is 44.3 Å². The van der Waals surface area contributed by atoms with Crippen molar-refractivity contribution in [1.82, 2.24) is 0 Å². The highest BCUT2D eigenvalue weighted by atomic mass is 79.9. The number of anilines is 2. The van der Waals surface area contributed by atoms with Gasteiger partial charge in [0, 0.05) is 21.6 Å². The zero-order valence-electron chi connectivity index (χ0n) is 8.01. The summed E-state index contributed by atoms with van der Waals surface area (Å²) in [6, 6.07) is 6.80. The number of halogens is 1. The molecule has 1 heterocycles. The third kappa shape index (κ3) is 2.40. The first-order valence-corrected chi connectivity index (χ1v) is 6.13. The number of thiophene rings is 1. The minimum Gasteiger partial charge on any atom is -0.349 e. The van der Waals surface area contributed by atoms with E-state index in [-0.39, 0.29) is 5.69 Å². The van der Waals surface area contributed by atoms with Gasteiger partial charge in [-0.25, -0.2) is 0 Å². The van der Waals surface area contributed by atoms with Gasteiger partial charge in [0.25, 0.3) is 5.69 Å². The molecule has 0 amide bonds.